The highest BCUT2D eigenvalue weighted by Gasteiger charge is 2.30. The van der Waals surface area contributed by atoms with Gasteiger partial charge < -0.3 is 5.11 Å². The van der Waals surface area contributed by atoms with Gasteiger partial charge in [-0.3, -0.25) is 0 Å². The van der Waals surface area contributed by atoms with Gasteiger partial charge in [0.1, 0.15) is 5.82 Å². The summed E-state index contributed by atoms with van der Waals surface area (Å²) in [5.74, 6) is -0.337. The van der Waals surface area contributed by atoms with Gasteiger partial charge >= 0.3 is 0 Å². The smallest absolute Gasteiger partial charge is 0.143 e. The zero-order valence-corrected chi connectivity index (χ0v) is 12.7. The summed E-state index contributed by atoms with van der Waals surface area (Å²) in [6.45, 7) is 0. The molecule has 1 aliphatic rings. The summed E-state index contributed by atoms with van der Waals surface area (Å²) in [5, 5.41) is 12.6. The van der Waals surface area contributed by atoms with E-state index in [1.165, 1.54) is 10.4 Å². The molecule has 1 nitrogen and oxygen atoms in total. The maximum absolute atomic E-state index is 14.1. The second-order valence-corrected chi connectivity index (χ2v) is 6.74. The fourth-order valence-corrected chi connectivity index (χ4v) is 4.19. The molecule has 0 saturated carbocycles. The molecule has 1 aromatic carbocycles. The van der Waals surface area contributed by atoms with Crippen molar-refractivity contribution in [2.24, 2.45) is 0 Å². The molecule has 0 amide bonds. The van der Waals surface area contributed by atoms with Crippen LogP contribution in [0.4, 0.5) is 4.39 Å². The molecule has 1 N–H and O–H groups in total. The van der Waals surface area contributed by atoms with Crippen LogP contribution >= 0.6 is 27.3 Å². The van der Waals surface area contributed by atoms with E-state index in [1.807, 2.05) is 0 Å². The first kappa shape index (κ1) is 13.3. The molecule has 0 aliphatic heterocycles. The van der Waals surface area contributed by atoms with Crippen LogP contribution in [0.2, 0.25) is 0 Å². The van der Waals surface area contributed by atoms with Crippen molar-refractivity contribution in [1.82, 2.24) is 0 Å². The summed E-state index contributed by atoms with van der Waals surface area (Å²) in [4.78, 5) is 1.34. The fraction of sp³-hybridized carbons (Fsp3) is 0.333. The maximum Gasteiger partial charge on any atom is 0.143 e. The molecule has 0 saturated heterocycles. The normalized spacial score (nSPS) is 20.1. The van der Waals surface area contributed by atoms with E-state index < -0.39 is 6.10 Å². The lowest BCUT2D eigenvalue weighted by Gasteiger charge is -2.27. The molecule has 2 aromatic rings. The van der Waals surface area contributed by atoms with Gasteiger partial charge in [0.2, 0.25) is 0 Å². The fourth-order valence-electron chi connectivity index (χ4n) is 2.82. The average molecular weight is 341 g/mol. The van der Waals surface area contributed by atoms with Crippen molar-refractivity contribution in [2.75, 3.05) is 0 Å². The molecule has 1 aromatic heterocycles. The zero-order valence-electron chi connectivity index (χ0n) is 10.3. The molecule has 4 heteroatoms. The largest absolute Gasteiger partial charge is 0.388 e. The van der Waals surface area contributed by atoms with E-state index in [4.69, 9.17) is 0 Å². The molecule has 3 rings (SSSR count). The number of hydrogen-bond donors (Lipinski definition) is 1. The highest BCUT2D eigenvalue weighted by Crippen LogP contribution is 2.43. The van der Waals surface area contributed by atoms with Gasteiger partial charge in [-0.15, -0.1) is 11.3 Å². The molecule has 2 unspecified atom stereocenters. The number of thiophene rings is 1. The lowest BCUT2D eigenvalue weighted by atomic mass is 9.81. The third kappa shape index (κ3) is 2.37. The van der Waals surface area contributed by atoms with Crippen LogP contribution in [0.15, 0.2) is 34.1 Å². The van der Waals surface area contributed by atoms with E-state index in [9.17, 15) is 9.50 Å². The standard InChI is InChI=1S/C15H14BrFOS/c16-12-5-1-4-11(14(12)17)15(18)10-3-2-6-13-9(10)7-8-19-13/h1,4-5,7-8,10,15,18H,2-3,6H2. The van der Waals surface area contributed by atoms with Gasteiger partial charge in [0, 0.05) is 16.4 Å². The number of aliphatic hydroxyl groups excluding tert-OH is 1. The number of halogens is 2. The molecule has 100 valence electrons. The third-order valence-corrected chi connectivity index (χ3v) is 5.39. The van der Waals surface area contributed by atoms with Crippen LogP contribution in [0.3, 0.4) is 0 Å². The summed E-state index contributed by atoms with van der Waals surface area (Å²) in [7, 11) is 0. The first-order chi connectivity index (χ1) is 9.18. The first-order valence-electron chi connectivity index (χ1n) is 6.36. The van der Waals surface area contributed by atoms with E-state index in [2.05, 4.69) is 27.4 Å². The first-order valence-corrected chi connectivity index (χ1v) is 8.04. The quantitative estimate of drug-likeness (QED) is 0.832. The Morgan fingerprint density at radius 3 is 3.05 bits per heavy atom. The minimum absolute atomic E-state index is 0.0128. The molecule has 0 radical (unpaired) electrons. The Balaban J connectivity index is 1.98. The monoisotopic (exact) mass is 340 g/mol. The Labute approximate surface area is 124 Å². The van der Waals surface area contributed by atoms with Gasteiger partial charge in [0.05, 0.1) is 10.6 Å². The Kier molecular flexibility index (Phi) is 3.74. The van der Waals surface area contributed by atoms with Crippen molar-refractivity contribution in [3.8, 4) is 0 Å². The molecule has 1 aliphatic carbocycles. The summed E-state index contributed by atoms with van der Waals surface area (Å²) in [6.07, 6.45) is 2.28. The molecule has 1 heterocycles. The molecular formula is C15H14BrFOS. The summed E-state index contributed by atoms with van der Waals surface area (Å²) in [5.41, 5.74) is 1.58. The molecule has 19 heavy (non-hydrogen) atoms. The molecule has 2 atom stereocenters. The van der Waals surface area contributed by atoms with Crippen LogP contribution in [0.1, 0.15) is 40.9 Å². The SMILES string of the molecule is OC(c1cccc(Br)c1F)C1CCCc2sccc21. The van der Waals surface area contributed by atoms with Crippen molar-refractivity contribution in [1.29, 1.82) is 0 Å². The lowest BCUT2D eigenvalue weighted by Crippen LogP contribution is -2.16. The predicted octanol–water partition coefficient (Wildman–Crippen LogP) is 4.80. The topological polar surface area (TPSA) is 20.2 Å². The molecule has 0 fully saturated rings. The van der Waals surface area contributed by atoms with Crippen molar-refractivity contribution >= 4 is 27.3 Å². The van der Waals surface area contributed by atoms with Crippen molar-refractivity contribution in [3.63, 3.8) is 0 Å². The minimum Gasteiger partial charge on any atom is -0.388 e. The Hall–Kier alpha value is -0.710. The Bertz CT molecular complexity index is 596. The lowest BCUT2D eigenvalue weighted by molar-refractivity contribution is 0.132. The number of rotatable bonds is 2. The zero-order chi connectivity index (χ0) is 13.4. The second-order valence-electron chi connectivity index (χ2n) is 4.89. The van der Waals surface area contributed by atoms with Crippen molar-refractivity contribution in [2.45, 2.75) is 31.3 Å². The van der Waals surface area contributed by atoms with Gasteiger partial charge in [0.15, 0.2) is 0 Å². The summed E-state index contributed by atoms with van der Waals surface area (Å²) >= 11 is 4.91. The average Bonchev–Trinajstić information content (AvgIpc) is 2.89. The van der Waals surface area contributed by atoms with Crippen molar-refractivity contribution < 1.29 is 9.50 Å². The number of hydrogen-bond acceptors (Lipinski definition) is 2. The minimum atomic E-state index is -0.772. The van der Waals surface area contributed by atoms with E-state index in [1.54, 1.807) is 29.5 Å². The van der Waals surface area contributed by atoms with Gasteiger partial charge in [-0.1, -0.05) is 12.1 Å². The van der Waals surface area contributed by atoms with E-state index >= 15 is 0 Å². The summed E-state index contributed by atoms with van der Waals surface area (Å²) < 4.78 is 14.5. The van der Waals surface area contributed by atoms with Crippen LogP contribution in [-0.4, -0.2) is 5.11 Å². The predicted molar refractivity (Wildman–Crippen MR) is 79.1 cm³/mol. The second kappa shape index (κ2) is 5.35. The van der Waals surface area contributed by atoms with Gasteiger partial charge in [-0.25, -0.2) is 4.39 Å². The number of aliphatic hydroxyl groups is 1. The molecule has 0 bridgehead atoms. The van der Waals surface area contributed by atoms with E-state index in [0.29, 0.717) is 10.0 Å². The van der Waals surface area contributed by atoms with Crippen LogP contribution in [0.5, 0.6) is 0 Å². The third-order valence-electron chi connectivity index (χ3n) is 3.78. The number of fused-ring (bicyclic) bond motifs is 1. The Morgan fingerprint density at radius 1 is 1.37 bits per heavy atom. The maximum atomic E-state index is 14.1. The van der Waals surface area contributed by atoms with Crippen LogP contribution < -0.4 is 0 Å². The molecule has 0 spiro atoms. The highest BCUT2D eigenvalue weighted by atomic mass is 79.9. The number of benzene rings is 1. The van der Waals surface area contributed by atoms with Gasteiger partial charge in [-0.2, -0.15) is 0 Å². The van der Waals surface area contributed by atoms with E-state index in [0.717, 1.165) is 19.3 Å². The molecular weight excluding hydrogens is 327 g/mol. The van der Waals surface area contributed by atoms with Crippen LogP contribution in [0, 0.1) is 5.82 Å². The van der Waals surface area contributed by atoms with Crippen LogP contribution in [0.25, 0.3) is 0 Å². The highest BCUT2D eigenvalue weighted by molar-refractivity contribution is 9.10. The van der Waals surface area contributed by atoms with Gasteiger partial charge in [0.25, 0.3) is 0 Å². The van der Waals surface area contributed by atoms with Gasteiger partial charge in [-0.05, 0) is 58.3 Å². The number of aryl methyl sites for hydroxylation is 1. The Morgan fingerprint density at radius 2 is 2.21 bits per heavy atom. The van der Waals surface area contributed by atoms with E-state index in [-0.39, 0.29) is 11.7 Å². The van der Waals surface area contributed by atoms with Crippen LogP contribution in [-0.2, 0) is 6.42 Å². The van der Waals surface area contributed by atoms with Crippen molar-refractivity contribution in [3.05, 3.63) is 55.9 Å². The summed E-state index contributed by atoms with van der Waals surface area (Å²) in [6, 6.07) is 7.17.